The number of carboxylic acids is 1. The molecule has 0 spiro atoms. The number of aryl methyl sites for hydroxylation is 1. The number of nitrogens with zero attached hydrogens (tertiary/aromatic N) is 3. The van der Waals surface area contributed by atoms with Gasteiger partial charge in [-0.3, -0.25) is 18.9 Å². The molecule has 4 rings (SSSR count). The molecule has 0 amide bonds. The molecule has 13 nitrogen and oxygen atoms in total. The van der Waals surface area contributed by atoms with E-state index in [4.69, 9.17) is 5.11 Å². The smallest absolute Gasteiger partial charge is 0.320 e. The summed E-state index contributed by atoms with van der Waals surface area (Å²) in [5.74, 6) is -3.44. The number of nitrogens with one attached hydrogen (secondary N) is 2. The van der Waals surface area contributed by atoms with Crippen molar-refractivity contribution in [3.05, 3.63) is 52.4 Å². The van der Waals surface area contributed by atoms with Gasteiger partial charge in [-0.1, -0.05) is 13.8 Å². The second kappa shape index (κ2) is 9.48. The van der Waals surface area contributed by atoms with Gasteiger partial charge in [0.05, 0.1) is 16.8 Å². The van der Waals surface area contributed by atoms with Crippen LogP contribution in [-0.2, 0) is 31.4 Å². The Balaban J connectivity index is 1.82. The molecular formula is C22H23N5O8S2. The minimum absolute atomic E-state index is 0.0232. The van der Waals surface area contributed by atoms with Gasteiger partial charge < -0.3 is 15.5 Å². The van der Waals surface area contributed by atoms with Crippen LogP contribution in [0, 0.1) is 5.92 Å². The molecule has 0 saturated heterocycles. The average Bonchev–Trinajstić information content (AvgIpc) is 2.78. The van der Waals surface area contributed by atoms with Crippen molar-refractivity contribution < 1.29 is 31.8 Å². The number of rotatable bonds is 8. The molecule has 196 valence electrons. The highest BCUT2D eigenvalue weighted by Gasteiger charge is 2.31. The van der Waals surface area contributed by atoms with Crippen molar-refractivity contribution in [3.8, 4) is 5.75 Å². The van der Waals surface area contributed by atoms with Crippen LogP contribution < -0.4 is 15.6 Å². The van der Waals surface area contributed by atoms with Crippen LogP contribution in [0.5, 0.6) is 5.75 Å². The van der Waals surface area contributed by atoms with Gasteiger partial charge in [-0.2, -0.15) is 8.42 Å². The van der Waals surface area contributed by atoms with Crippen LogP contribution in [0.4, 0.5) is 11.4 Å². The minimum Gasteiger partial charge on any atom is -0.506 e. The number of aromatic hydroxyl groups is 1. The molecule has 2 aromatic heterocycles. The predicted octanol–water partition coefficient (Wildman–Crippen LogP) is 1.54. The van der Waals surface area contributed by atoms with Crippen LogP contribution in [0.3, 0.4) is 0 Å². The molecule has 37 heavy (non-hydrogen) atoms. The van der Waals surface area contributed by atoms with E-state index in [1.165, 1.54) is 22.9 Å². The number of aromatic nitrogens is 2. The fraction of sp³-hybridized carbons (Fsp3) is 0.273. The lowest BCUT2D eigenvalue weighted by Gasteiger charge is -2.21. The number of pyridine rings is 2. The fourth-order valence-electron chi connectivity index (χ4n) is 3.78. The summed E-state index contributed by atoms with van der Waals surface area (Å²) in [6, 6.07) is 6.54. The second-order valence-corrected chi connectivity index (χ2v) is 12.0. The molecule has 3 heterocycles. The van der Waals surface area contributed by atoms with Crippen LogP contribution in [0.1, 0.15) is 25.8 Å². The van der Waals surface area contributed by atoms with Gasteiger partial charge in [0.1, 0.15) is 21.9 Å². The molecule has 1 aromatic carbocycles. The molecule has 0 saturated carbocycles. The number of aliphatic carboxylic acids is 1. The first-order chi connectivity index (χ1) is 17.3. The number of anilines is 2. The van der Waals surface area contributed by atoms with E-state index < -0.39 is 53.8 Å². The highest BCUT2D eigenvalue weighted by Crippen LogP contribution is 2.33. The Morgan fingerprint density at radius 1 is 1.24 bits per heavy atom. The zero-order valence-electron chi connectivity index (χ0n) is 19.7. The average molecular weight is 550 g/mol. The molecule has 0 bridgehead atoms. The number of fused-ring (bicyclic) bond motifs is 2. The van der Waals surface area contributed by atoms with Crippen LogP contribution in [-0.4, -0.2) is 54.2 Å². The predicted molar refractivity (Wildman–Crippen MR) is 136 cm³/mol. The van der Waals surface area contributed by atoms with Crippen LogP contribution in [0.2, 0.25) is 0 Å². The van der Waals surface area contributed by atoms with E-state index in [9.17, 15) is 31.5 Å². The fourth-order valence-corrected chi connectivity index (χ4v) is 5.81. The van der Waals surface area contributed by atoms with Gasteiger partial charge in [-0.05, 0) is 42.7 Å². The van der Waals surface area contributed by atoms with E-state index in [0.717, 1.165) is 6.07 Å². The van der Waals surface area contributed by atoms with Gasteiger partial charge in [0.25, 0.3) is 15.6 Å². The maximum atomic E-state index is 13.5. The van der Waals surface area contributed by atoms with Crippen molar-refractivity contribution in [2.45, 2.75) is 31.7 Å². The lowest BCUT2D eigenvalue weighted by Crippen LogP contribution is -2.33. The number of carboxylic acid groups (broad SMARTS) is 1. The molecule has 0 aliphatic carbocycles. The van der Waals surface area contributed by atoms with E-state index in [0.29, 0.717) is 6.42 Å². The van der Waals surface area contributed by atoms with Crippen LogP contribution >= 0.6 is 0 Å². The first-order valence-electron chi connectivity index (χ1n) is 11.0. The van der Waals surface area contributed by atoms with Crippen molar-refractivity contribution >= 4 is 54.3 Å². The summed E-state index contributed by atoms with van der Waals surface area (Å²) in [5, 5.41) is 22.7. The summed E-state index contributed by atoms with van der Waals surface area (Å²) < 4.78 is 57.0. The number of sulfonamides is 2. The molecule has 0 unspecified atom stereocenters. The van der Waals surface area contributed by atoms with E-state index in [2.05, 4.69) is 14.7 Å². The van der Waals surface area contributed by atoms with E-state index in [1.54, 1.807) is 12.1 Å². The molecule has 4 N–H and O–H groups in total. The van der Waals surface area contributed by atoms with Gasteiger partial charge in [0.2, 0.25) is 10.0 Å². The van der Waals surface area contributed by atoms with E-state index >= 15 is 0 Å². The third-order valence-corrected chi connectivity index (χ3v) is 7.96. The van der Waals surface area contributed by atoms with Crippen molar-refractivity contribution in [1.29, 1.82) is 0 Å². The first kappa shape index (κ1) is 26.1. The monoisotopic (exact) mass is 549 g/mol. The van der Waals surface area contributed by atoms with Crippen molar-refractivity contribution in [2.75, 3.05) is 15.8 Å². The Kier molecular flexibility index (Phi) is 6.68. The Morgan fingerprint density at radius 2 is 1.97 bits per heavy atom. The third-order valence-electron chi connectivity index (χ3n) is 5.47. The number of carbonyl (C=O) groups is 1. The highest BCUT2D eigenvalue weighted by molar-refractivity contribution is 7.93. The molecule has 0 fully saturated rings. The van der Waals surface area contributed by atoms with E-state index in [1.807, 2.05) is 18.6 Å². The third kappa shape index (κ3) is 5.27. The quantitative estimate of drug-likeness (QED) is 0.320. The molecule has 0 atom stereocenters. The first-order valence-corrected chi connectivity index (χ1v) is 14.1. The largest absolute Gasteiger partial charge is 0.506 e. The second-order valence-electron chi connectivity index (χ2n) is 8.74. The Bertz CT molecular complexity index is 1730. The molecule has 1 aliphatic heterocycles. The van der Waals surface area contributed by atoms with Gasteiger partial charge in [0, 0.05) is 12.7 Å². The summed E-state index contributed by atoms with van der Waals surface area (Å²) in [6.07, 6.45) is 2.10. The molecule has 0 radical (unpaired) electrons. The molecule has 1 aliphatic rings. The normalized spacial score (nSPS) is 14.6. The Labute approximate surface area is 211 Å². The van der Waals surface area contributed by atoms with Gasteiger partial charge >= 0.3 is 5.97 Å². The summed E-state index contributed by atoms with van der Waals surface area (Å²) >= 11 is 0. The van der Waals surface area contributed by atoms with E-state index in [-0.39, 0.29) is 40.4 Å². The van der Waals surface area contributed by atoms with Gasteiger partial charge in [-0.15, -0.1) is 4.40 Å². The zero-order chi connectivity index (χ0) is 27.1. The zero-order valence-corrected chi connectivity index (χ0v) is 21.3. The number of hydrogen-bond acceptors (Lipinski definition) is 9. The molecule has 3 aromatic rings. The highest BCUT2D eigenvalue weighted by atomic mass is 32.2. The number of hydrogen-bond donors (Lipinski definition) is 4. The molecule has 15 heteroatoms. The summed E-state index contributed by atoms with van der Waals surface area (Å²) in [6.45, 7) is 4.23. The maximum absolute atomic E-state index is 13.5. The van der Waals surface area contributed by atoms with Crippen LogP contribution in [0.15, 0.2) is 50.6 Å². The summed E-state index contributed by atoms with van der Waals surface area (Å²) in [7, 11) is -8.75. The number of benzene rings is 1. The van der Waals surface area contributed by atoms with Crippen molar-refractivity contribution in [2.24, 2.45) is 10.3 Å². The topological polar surface area (TPSA) is 197 Å². The Morgan fingerprint density at radius 3 is 2.65 bits per heavy atom. The number of amidine groups is 1. The van der Waals surface area contributed by atoms with Gasteiger partial charge in [-0.25, -0.2) is 13.4 Å². The minimum atomic E-state index is -4.47. The van der Waals surface area contributed by atoms with Gasteiger partial charge in [0.15, 0.2) is 11.6 Å². The Hall–Kier alpha value is -3.98. The summed E-state index contributed by atoms with van der Waals surface area (Å²) in [4.78, 5) is 28.0. The van der Waals surface area contributed by atoms with Crippen molar-refractivity contribution in [1.82, 2.24) is 9.55 Å². The lowest BCUT2D eigenvalue weighted by molar-refractivity contribution is -0.134. The molecular weight excluding hydrogens is 526 g/mol. The van der Waals surface area contributed by atoms with Crippen LogP contribution in [0.25, 0.3) is 11.0 Å². The standard InChI is InChI=1S/C22H23N5O8S2/c1-12(2)7-9-27-21-14(4-3-8-23-21)19(30)18(22(27)31)20-24-15-6-5-13(10-16(15)37(34,35)26-20)25-36(32,33)11-17(28)29/h3-6,8,10,12,25,30H,7,9,11H2,1-2H3,(H,24,26)(H,28,29). The maximum Gasteiger partial charge on any atom is 0.320 e. The SMILES string of the molecule is CC(C)CCn1c(=O)c(C2=NS(=O)(=O)c3cc(NS(=O)(=O)CC(=O)O)ccc3N2)c(O)c2cccnc21. The lowest BCUT2D eigenvalue weighted by atomic mass is 10.1. The van der Waals surface area contributed by atoms with Crippen molar-refractivity contribution in [3.63, 3.8) is 0 Å². The summed E-state index contributed by atoms with van der Waals surface area (Å²) in [5.41, 5.74) is -1.02.